The van der Waals surface area contributed by atoms with Crippen molar-refractivity contribution in [3.05, 3.63) is 57.8 Å². The Balaban J connectivity index is 2.11. The number of thioether (sulfide) groups is 1. The average Bonchev–Trinajstić information content (AvgIpc) is 2.46. The molecule has 0 aromatic heterocycles. The highest BCUT2D eigenvalue weighted by molar-refractivity contribution is 9.10. The Morgan fingerprint density at radius 1 is 1.29 bits per heavy atom. The van der Waals surface area contributed by atoms with Crippen LogP contribution in [0.1, 0.15) is 15.9 Å². The van der Waals surface area contributed by atoms with Crippen LogP contribution in [0.25, 0.3) is 0 Å². The number of nitrogens with one attached hydrogen (secondary N) is 1. The number of hydrazine groups is 1. The summed E-state index contributed by atoms with van der Waals surface area (Å²) in [6.07, 6.45) is 0. The van der Waals surface area contributed by atoms with E-state index in [9.17, 15) is 9.18 Å². The molecule has 0 spiro atoms. The highest BCUT2D eigenvalue weighted by Crippen LogP contribution is 2.31. The molecule has 0 fully saturated rings. The molecule has 2 aromatic rings. The lowest BCUT2D eigenvalue weighted by Crippen LogP contribution is -2.29. The van der Waals surface area contributed by atoms with Crippen LogP contribution >= 0.6 is 27.7 Å². The topological polar surface area (TPSA) is 81.1 Å². The van der Waals surface area contributed by atoms with Crippen LogP contribution in [-0.2, 0) is 5.75 Å². The maximum absolute atomic E-state index is 13.0. The van der Waals surface area contributed by atoms with E-state index in [0.29, 0.717) is 17.0 Å². The lowest BCUT2D eigenvalue weighted by Gasteiger charge is -2.08. The minimum absolute atomic E-state index is 0.349. The predicted octanol–water partition coefficient (Wildman–Crippen LogP) is 3.07. The molecule has 0 saturated heterocycles. The fourth-order valence-electron chi connectivity index (χ4n) is 1.70. The number of nitrogens with two attached hydrogens (primary N) is 2. The van der Waals surface area contributed by atoms with Gasteiger partial charge in [0.2, 0.25) is 0 Å². The molecule has 0 aliphatic carbocycles. The lowest BCUT2D eigenvalue weighted by atomic mass is 10.1. The molecule has 2 aromatic carbocycles. The normalized spacial score (nSPS) is 10.4. The molecule has 0 unspecified atom stereocenters. The average molecular weight is 370 g/mol. The molecule has 0 bridgehead atoms. The summed E-state index contributed by atoms with van der Waals surface area (Å²) in [6, 6.07) is 9.55. The van der Waals surface area contributed by atoms with Crippen LogP contribution in [0.2, 0.25) is 0 Å². The first-order valence-corrected chi connectivity index (χ1v) is 7.76. The van der Waals surface area contributed by atoms with Gasteiger partial charge in [0.05, 0.1) is 0 Å². The molecule has 7 heteroatoms. The second-order valence-corrected chi connectivity index (χ2v) is 6.12. The Kier molecular flexibility index (Phi) is 5.22. The maximum Gasteiger partial charge on any atom is 0.265 e. The molecule has 0 aliphatic heterocycles. The zero-order valence-electron chi connectivity index (χ0n) is 10.9. The Morgan fingerprint density at radius 2 is 2.05 bits per heavy atom. The van der Waals surface area contributed by atoms with Gasteiger partial charge in [-0.1, -0.05) is 22.0 Å². The van der Waals surface area contributed by atoms with Crippen LogP contribution in [0.3, 0.4) is 0 Å². The summed E-state index contributed by atoms with van der Waals surface area (Å²) in [7, 11) is 0. The van der Waals surface area contributed by atoms with Gasteiger partial charge in [0.1, 0.15) is 5.82 Å². The SMILES string of the molecule is NNC(=O)c1ccc(CSc2ccc(F)cc2N)c(Br)c1. The van der Waals surface area contributed by atoms with Gasteiger partial charge in [-0.25, -0.2) is 10.2 Å². The standard InChI is InChI=1S/C14H13BrFN3OS/c15-11-5-8(14(20)19-18)1-2-9(11)7-21-13-4-3-10(16)6-12(13)17/h1-6H,7,17-18H2,(H,19,20). The van der Waals surface area contributed by atoms with Gasteiger partial charge < -0.3 is 5.73 Å². The summed E-state index contributed by atoms with van der Waals surface area (Å²) in [6.45, 7) is 0. The summed E-state index contributed by atoms with van der Waals surface area (Å²) in [5.41, 5.74) is 9.73. The smallest absolute Gasteiger partial charge is 0.265 e. The van der Waals surface area contributed by atoms with Crippen LogP contribution in [0.5, 0.6) is 0 Å². The minimum Gasteiger partial charge on any atom is -0.398 e. The van der Waals surface area contributed by atoms with Crippen molar-refractivity contribution in [2.24, 2.45) is 5.84 Å². The second-order valence-electron chi connectivity index (χ2n) is 4.25. The second kappa shape index (κ2) is 6.93. The molecule has 0 aliphatic rings. The zero-order valence-corrected chi connectivity index (χ0v) is 13.3. The van der Waals surface area contributed by atoms with E-state index in [1.165, 1.54) is 23.9 Å². The molecule has 0 heterocycles. The van der Waals surface area contributed by atoms with Crippen molar-refractivity contribution in [3.63, 3.8) is 0 Å². The number of carbonyl (C=O) groups excluding carboxylic acids is 1. The van der Waals surface area contributed by atoms with E-state index in [0.717, 1.165) is 14.9 Å². The first-order chi connectivity index (χ1) is 10.0. The zero-order chi connectivity index (χ0) is 15.4. The van der Waals surface area contributed by atoms with Gasteiger partial charge in [0, 0.05) is 26.4 Å². The van der Waals surface area contributed by atoms with E-state index in [4.69, 9.17) is 11.6 Å². The van der Waals surface area contributed by atoms with Crippen LogP contribution in [0.4, 0.5) is 10.1 Å². The highest BCUT2D eigenvalue weighted by atomic mass is 79.9. The molecule has 2 rings (SSSR count). The number of carbonyl (C=O) groups is 1. The monoisotopic (exact) mass is 369 g/mol. The number of nitrogen functional groups attached to an aromatic ring is 2. The van der Waals surface area contributed by atoms with Gasteiger partial charge >= 0.3 is 0 Å². The molecule has 110 valence electrons. The molecule has 0 radical (unpaired) electrons. The Bertz CT molecular complexity index is 681. The van der Waals surface area contributed by atoms with Crippen molar-refractivity contribution < 1.29 is 9.18 Å². The summed E-state index contributed by atoms with van der Waals surface area (Å²) < 4.78 is 13.8. The fourth-order valence-corrected chi connectivity index (χ4v) is 3.35. The summed E-state index contributed by atoms with van der Waals surface area (Å²) in [5.74, 6) is 5.03. The van der Waals surface area contributed by atoms with Gasteiger partial charge in [-0.3, -0.25) is 10.2 Å². The molecular weight excluding hydrogens is 357 g/mol. The van der Waals surface area contributed by atoms with E-state index in [1.54, 1.807) is 18.2 Å². The fraction of sp³-hybridized carbons (Fsp3) is 0.0714. The third-order valence-corrected chi connectivity index (χ3v) is 4.68. The van der Waals surface area contributed by atoms with Crippen molar-refractivity contribution in [2.45, 2.75) is 10.6 Å². The molecule has 4 nitrogen and oxygen atoms in total. The van der Waals surface area contributed by atoms with Crippen LogP contribution in [-0.4, -0.2) is 5.91 Å². The number of halogens is 2. The van der Waals surface area contributed by atoms with Crippen molar-refractivity contribution in [1.82, 2.24) is 5.43 Å². The van der Waals surface area contributed by atoms with Crippen molar-refractivity contribution in [3.8, 4) is 0 Å². The maximum atomic E-state index is 13.0. The Labute approximate surface area is 134 Å². The molecule has 1 amide bonds. The lowest BCUT2D eigenvalue weighted by molar-refractivity contribution is 0.0953. The molecule has 0 saturated carbocycles. The van der Waals surface area contributed by atoms with Crippen molar-refractivity contribution in [1.29, 1.82) is 0 Å². The van der Waals surface area contributed by atoms with Gasteiger partial charge in [-0.05, 0) is 35.9 Å². The van der Waals surface area contributed by atoms with Crippen molar-refractivity contribution in [2.75, 3.05) is 5.73 Å². The molecule has 0 atom stereocenters. The van der Waals surface area contributed by atoms with Gasteiger partial charge in [0.25, 0.3) is 5.91 Å². The van der Waals surface area contributed by atoms with Gasteiger partial charge in [-0.2, -0.15) is 0 Å². The first kappa shape index (κ1) is 15.8. The van der Waals surface area contributed by atoms with Crippen LogP contribution in [0, 0.1) is 5.82 Å². The van der Waals surface area contributed by atoms with Crippen LogP contribution < -0.4 is 17.0 Å². The van der Waals surface area contributed by atoms with Crippen LogP contribution in [0.15, 0.2) is 45.8 Å². The summed E-state index contributed by atoms with van der Waals surface area (Å²) >= 11 is 4.92. The quantitative estimate of drug-likeness (QED) is 0.254. The predicted molar refractivity (Wildman–Crippen MR) is 86.2 cm³/mol. The van der Waals surface area contributed by atoms with E-state index in [1.807, 2.05) is 6.07 Å². The third kappa shape index (κ3) is 3.96. The Hall–Kier alpha value is -1.57. The highest BCUT2D eigenvalue weighted by Gasteiger charge is 2.08. The number of anilines is 1. The van der Waals surface area contributed by atoms with Gasteiger partial charge in [0.15, 0.2) is 0 Å². The molecule has 5 N–H and O–H groups in total. The number of hydrogen-bond donors (Lipinski definition) is 3. The molecular formula is C14H13BrFN3OS. The van der Waals surface area contributed by atoms with E-state index in [-0.39, 0.29) is 11.7 Å². The van der Waals surface area contributed by atoms with E-state index >= 15 is 0 Å². The molecule has 21 heavy (non-hydrogen) atoms. The van der Waals surface area contributed by atoms with E-state index in [2.05, 4.69) is 21.4 Å². The summed E-state index contributed by atoms with van der Waals surface area (Å²) in [4.78, 5) is 12.2. The van der Waals surface area contributed by atoms with Crippen molar-refractivity contribution >= 4 is 39.3 Å². The largest absolute Gasteiger partial charge is 0.398 e. The third-order valence-electron chi connectivity index (χ3n) is 2.80. The minimum atomic E-state index is -0.352. The van der Waals surface area contributed by atoms with E-state index < -0.39 is 0 Å². The first-order valence-electron chi connectivity index (χ1n) is 5.98. The number of amides is 1. The number of rotatable bonds is 4. The number of hydrogen-bond acceptors (Lipinski definition) is 4. The summed E-state index contributed by atoms with van der Waals surface area (Å²) in [5, 5.41) is 0. The van der Waals surface area contributed by atoms with Gasteiger partial charge in [-0.15, -0.1) is 11.8 Å². The number of benzene rings is 2. The Morgan fingerprint density at radius 3 is 2.67 bits per heavy atom.